The summed E-state index contributed by atoms with van der Waals surface area (Å²) in [5.41, 5.74) is 8.36. The Morgan fingerprint density at radius 1 is 1.06 bits per heavy atom. The largest absolute Gasteiger partial charge is 0.373 e. The monoisotopic (exact) mass is 235 g/mol. The van der Waals surface area contributed by atoms with Crippen molar-refractivity contribution in [3.8, 4) is 0 Å². The van der Waals surface area contributed by atoms with E-state index in [1.165, 1.54) is 11.3 Å². The molecule has 2 N–H and O–H groups in total. The van der Waals surface area contributed by atoms with Crippen LogP contribution in [0, 0.1) is 0 Å². The van der Waals surface area contributed by atoms with E-state index in [4.69, 9.17) is 5.73 Å². The molecule has 0 radical (unpaired) electrons. The summed E-state index contributed by atoms with van der Waals surface area (Å²) in [6.45, 7) is 4.15. The fraction of sp³-hybridized carbons (Fsp3) is 0.571. The van der Waals surface area contributed by atoms with Crippen LogP contribution < -0.4 is 10.6 Å². The fourth-order valence-electron chi connectivity index (χ4n) is 1.74. The first-order valence-corrected chi connectivity index (χ1v) is 6.19. The van der Waals surface area contributed by atoms with E-state index in [1.807, 2.05) is 6.92 Å². The lowest BCUT2D eigenvalue weighted by Crippen LogP contribution is -2.28. The standard InChI is InChI=1S/C14H25N3/c1-12(15)11-13-5-7-14(8-6-13)17(4)10-9-16(2)3/h5-8,12H,9-11,15H2,1-4H3. The summed E-state index contributed by atoms with van der Waals surface area (Å²) in [6.07, 6.45) is 0.946. The molecule has 1 unspecified atom stereocenters. The maximum atomic E-state index is 5.79. The van der Waals surface area contributed by atoms with Crippen molar-refractivity contribution in [2.75, 3.05) is 39.1 Å². The number of hydrogen-bond donors (Lipinski definition) is 1. The van der Waals surface area contributed by atoms with Gasteiger partial charge in [0.15, 0.2) is 0 Å². The number of likely N-dealkylation sites (N-methyl/N-ethyl adjacent to an activating group) is 2. The smallest absolute Gasteiger partial charge is 0.0364 e. The molecule has 3 heteroatoms. The van der Waals surface area contributed by atoms with Crippen molar-refractivity contribution in [3.05, 3.63) is 29.8 Å². The Morgan fingerprint density at radius 2 is 1.65 bits per heavy atom. The molecule has 0 saturated carbocycles. The van der Waals surface area contributed by atoms with Crippen LogP contribution in [0.2, 0.25) is 0 Å². The predicted molar refractivity (Wildman–Crippen MR) is 75.6 cm³/mol. The maximum absolute atomic E-state index is 5.79. The van der Waals surface area contributed by atoms with Crippen molar-refractivity contribution >= 4 is 5.69 Å². The molecule has 0 aromatic heterocycles. The summed E-state index contributed by atoms with van der Waals surface area (Å²) in [5.74, 6) is 0. The van der Waals surface area contributed by atoms with Crippen molar-refractivity contribution in [3.63, 3.8) is 0 Å². The molecule has 0 fully saturated rings. The number of hydrogen-bond acceptors (Lipinski definition) is 3. The number of anilines is 1. The van der Waals surface area contributed by atoms with E-state index in [0.717, 1.165) is 19.5 Å². The van der Waals surface area contributed by atoms with Gasteiger partial charge in [-0.05, 0) is 45.1 Å². The minimum absolute atomic E-state index is 0.229. The minimum Gasteiger partial charge on any atom is -0.373 e. The normalized spacial score (nSPS) is 12.8. The Kier molecular flexibility index (Phi) is 5.45. The second-order valence-electron chi connectivity index (χ2n) is 5.07. The van der Waals surface area contributed by atoms with Gasteiger partial charge in [0, 0.05) is 31.9 Å². The number of rotatable bonds is 6. The minimum atomic E-state index is 0.229. The average Bonchev–Trinajstić information content (AvgIpc) is 2.26. The van der Waals surface area contributed by atoms with E-state index >= 15 is 0 Å². The molecule has 0 saturated heterocycles. The summed E-state index contributed by atoms with van der Waals surface area (Å²) in [7, 11) is 6.32. The molecule has 0 spiro atoms. The van der Waals surface area contributed by atoms with E-state index < -0.39 is 0 Å². The van der Waals surface area contributed by atoms with Gasteiger partial charge >= 0.3 is 0 Å². The zero-order valence-corrected chi connectivity index (χ0v) is 11.5. The molecular weight excluding hydrogens is 210 g/mol. The highest BCUT2D eigenvalue weighted by Gasteiger charge is 2.02. The molecule has 0 aliphatic rings. The van der Waals surface area contributed by atoms with E-state index in [-0.39, 0.29) is 6.04 Å². The highest BCUT2D eigenvalue weighted by Crippen LogP contribution is 2.14. The summed E-state index contributed by atoms with van der Waals surface area (Å²) >= 11 is 0. The Labute approximate surface area is 105 Å². The maximum Gasteiger partial charge on any atom is 0.0364 e. The first-order valence-electron chi connectivity index (χ1n) is 6.19. The Balaban J connectivity index is 2.54. The van der Waals surface area contributed by atoms with Crippen LogP contribution in [0.15, 0.2) is 24.3 Å². The van der Waals surface area contributed by atoms with Crippen LogP contribution in [0.3, 0.4) is 0 Å². The second-order valence-corrected chi connectivity index (χ2v) is 5.07. The summed E-state index contributed by atoms with van der Waals surface area (Å²) in [4.78, 5) is 4.47. The van der Waals surface area contributed by atoms with Crippen LogP contribution in [0.25, 0.3) is 0 Å². The second kappa shape index (κ2) is 6.62. The van der Waals surface area contributed by atoms with Crippen molar-refractivity contribution in [2.24, 2.45) is 5.73 Å². The Morgan fingerprint density at radius 3 is 2.12 bits per heavy atom. The molecule has 0 aliphatic carbocycles. The molecule has 1 aromatic carbocycles. The zero-order chi connectivity index (χ0) is 12.8. The van der Waals surface area contributed by atoms with Crippen molar-refractivity contribution in [2.45, 2.75) is 19.4 Å². The third-order valence-electron chi connectivity index (χ3n) is 2.82. The SMILES string of the molecule is CC(N)Cc1ccc(N(C)CCN(C)C)cc1. The zero-order valence-electron chi connectivity index (χ0n) is 11.5. The fourth-order valence-corrected chi connectivity index (χ4v) is 1.74. The molecule has 0 aliphatic heterocycles. The molecule has 3 nitrogen and oxygen atoms in total. The van der Waals surface area contributed by atoms with E-state index in [0.29, 0.717) is 0 Å². The van der Waals surface area contributed by atoms with Gasteiger partial charge in [-0.3, -0.25) is 0 Å². The van der Waals surface area contributed by atoms with Gasteiger partial charge in [0.25, 0.3) is 0 Å². The topological polar surface area (TPSA) is 32.5 Å². The number of nitrogens with zero attached hydrogens (tertiary/aromatic N) is 2. The van der Waals surface area contributed by atoms with Crippen molar-refractivity contribution in [1.29, 1.82) is 0 Å². The molecule has 1 rings (SSSR count). The Hall–Kier alpha value is -1.06. The van der Waals surface area contributed by atoms with Gasteiger partial charge in [0.1, 0.15) is 0 Å². The highest BCUT2D eigenvalue weighted by atomic mass is 15.1. The van der Waals surface area contributed by atoms with Crippen LogP contribution in [0.1, 0.15) is 12.5 Å². The van der Waals surface area contributed by atoms with Crippen LogP contribution in [0.4, 0.5) is 5.69 Å². The molecule has 0 heterocycles. The van der Waals surface area contributed by atoms with E-state index in [1.54, 1.807) is 0 Å². The van der Waals surface area contributed by atoms with Crippen molar-refractivity contribution < 1.29 is 0 Å². The van der Waals surface area contributed by atoms with Gasteiger partial charge in [0.2, 0.25) is 0 Å². The first-order chi connectivity index (χ1) is 7.99. The van der Waals surface area contributed by atoms with E-state index in [2.05, 4.69) is 55.2 Å². The molecular formula is C14H25N3. The van der Waals surface area contributed by atoms with Crippen molar-refractivity contribution in [1.82, 2.24) is 4.90 Å². The predicted octanol–water partition coefficient (Wildman–Crippen LogP) is 1.57. The lowest BCUT2D eigenvalue weighted by atomic mass is 10.1. The van der Waals surface area contributed by atoms with Crippen LogP contribution in [-0.2, 0) is 6.42 Å². The summed E-state index contributed by atoms with van der Waals surface area (Å²) < 4.78 is 0. The highest BCUT2D eigenvalue weighted by molar-refractivity contribution is 5.46. The van der Waals surface area contributed by atoms with Gasteiger partial charge < -0.3 is 15.5 Å². The molecule has 1 aromatic rings. The van der Waals surface area contributed by atoms with Gasteiger partial charge in [-0.1, -0.05) is 12.1 Å². The van der Waals surface area contributed by atoms with Gasteiger partial charge in [-0.2, -0.15) is 0 Å². The molecule has 96 valence electrons. The molecule has 17 heavy (non-hydrogen) atoms. The van der Waals surface area contributed by atoms with Crippen LogP contribution in [0.5, 0.6) is 0 Å². The number of benzene rings is 1. The first kappa shape index (κ1) is 14.0. The van der Waals surface area contributed by atoms with Gasteiger partial charge in [-0.15, -0.1) is 0 Å². The summed E-state index contributed by atoms with van der Waals surface area (Å²) in [6, 6.07) is 8.92. The van der Waals surface area contributed by atoms with E-state index in [9.17, 15) is 0 Å². The lowest BCUT2D eigenvalue weighted by Gasteiger charge is -2.21. The third kappa shape index (κ3) is 5.20. The van der Waals surface area contributed by atoms with Gasteiger partial charge in [0.05, 0.1) is 0 Å². The molecule has 0 bridgehead atoms. The molecule has 0 amide bonds. The average molecular weight is 235 g/mol. The molecule has 1 atom stereocenters. The van der Waals surface area contributed by atoms with Gasteiger partial charge in [-0.25, -0.2) is 0 Å². The van der Waals surface area contributed by atoms with Crippen LogP contribution in [-0.4, -0.2) is 45.2 Å². The van der Waals surface area contributed by atoms with Crippen LogP contribution >= 0.6 is 0 Å². The third-order valence-corrected chi connectivity index (χ3v) is 2.82. The number of nitrogens with two attached hydrogens (primary N) is 1. The quantitative estimate of drug-likeness (QED) is 0.812. The summed E-state index contributed by atoms with van der Waals surface area (Å²) in [5, 5.41) is 0. The lowest BCUT2D eigenvalue weighted by molar-refractivity contribution is 0.416. The Bertz CT molecular complexity index is 317.